The molecule has 280 valence electrons. The van der Waals surface area contributed by atoms with Gasteiger partial charge < -0.3 is 28.7 Å². The molecule has 1 saturated carbocycles. The molecule has 4 atom stereocenters. The molecule has 1 aliphatic carbocycles. The number of aromatic nitrogens is 1. The molecule has 3 heterocycles. The minimum atomic E-state index is -0.652. The fraction of sp³-hybridized carbons (Fsp3) is 0.525. The highest BCUT2D eigenvalue weighted by molar-refractivity contribution is 6.37. The highest BCUT2D eigenvalue weighted by atomic mass is 35.5. The van der Waals surface area contributed by atoms with Crippen molar-refractivity contribution in [2.45, 2.75) is 102 Å². The van der Waals surface area contributed by atoms with Gasteiger partial charge in [-0.3, -0.25) is 4.79 Å². The lowest BCUT2D eigenvalue weighted by molar-refractivity contribution is -0.141. The lowest BCUT2D eigenvalue weighted by atomic mass is 9.75. The molecule has 9 nitrogen and oxygen atoms in total. The highest BCUT2D eigenvalue weighted by Gasteiger charge is 2.55. The molecule has 3 fully saturated rings. The van der Waals surface area contributed by atoms with E-state index in [0.29, 0.717) is 46.3 Å². The van der Waals surface area contributed by atoms with Gasteiger partial charge in [0.15, 0.2) is 5.75 Å². The number of ether oxygens (including phenoxy) is 4. The number of carbonyl (C=O) groups excluding carboxylic acids is 2. The van der Waals surface area contributed by atoms with Gasteiger partial charge in [-0.2, -0.15) is 0 Å². The molecule has 2 bridgehead atoms. The Kier molecular flexibility index (Phi) is 12.1. The van der Waals surface area contributed by atoms with Gasteiger partial charge in [-0.15, -0.1) is 0 Å². The zero-order valence-electron chi connectivity index (χ0n) is 30.5. The maximum absolute atomic E-state index is 15.0. The van der Waals surface area contributed by atoms with Gasteiger partial charge >= 0.3 is 6.09 Å². The number of nitrogens with zero attached hydrogens (tertiary/aromatic N) is 3. The van der Waals surface area contributed by atoms with Crippen LogP contribution >= 0.6 is 34.8 Å². The van der Waals surface area contributed by atoms with Crippen LogP contribution in [0.1, 0.15) is 81.0 Å². The summed E-state index contributed by atoms with van der Waals surface area (Å²) in [5.41, 5.74) is 3.26. The monoisotopic (exact) mass is 771 g/mol. The van der Waals surface area contributed by atoms with Crippen molar-refractivity contribution in [1.29, 1.82) is 0 Å². The van der Waals surface area contributed by atoms with Gasteiger partial charge in [0.1, 0.15) is 18.8 Å². The molecule has 3 aliphatic rings. The average molecular weight is 773 g/mol. The van der Waals surface area contributed by atoms with Crippen molar-refractivity contribution >= 4 is 46.8 Å². The summed E-state index contributed by atoms with van der Waals surface area (Å²) in [5.74, 6) is 0.270. The highest BCUT2D eigenvalue weighted by Crippen LogP contribution is 2.49. The predicted octanol–water partition coefficient (Wildman–Crippen LogP) is 9.06. The first-order valence-corrected chi connectivity index (χ1v) is 19.2. The number of fused-ring (bicyclic) bond motifs is 2. The number of benzene rings is 2. The minimum Gasteiger partial charge on any atom is -0.487 e. The largest absolute Gasteiger partial charge is 0.487 e. The number of hydrogen-bond acceptors (Lipinski definition) is 7. The summed E-state index contributed by atoms with van der Waals surface area (Å²) in [5, 5.41) is 1.52. The number of pyridine rings is 1. The molecule has 2 aliphatic heterocycles. The molecule has 0 radical (unpaired) electrons. The molecule has 0 unspecified atom stereocenters. The van der Waals surface area contributed by atoms with Crippen LogP contribution < -0.4 is 9.47 Å². The van der Waals surface area contributed by atoms with E-state index < -0.39 is 11.5 Å². The summed E-state index contributed by atoms with van der Waals surface area (Å²) in [6.45, 7) is 8.99. The van der Waals surface area contributed by atoms with E-state index in [2.05, 4.69) is 11.1 Å². The van der Waals surface area contributed by atoms with E-state index in [1.165, 1.54) is 0 Å². The predicted molar refractivity (Wildman–Crippen MR) is 203 cm³/mol. The van der Waals surface area contributed by atoms with Gasteiger partial charge in [-0.25, -0.2) is 9.78 Å². The molecule has 2 amide bonds. The number of carbonyl (C=O) groups is 2. The van der Waals surface area contributed by atoms with E-state index in [0.717, 1.165) is 54.4 Å². The number of halogens is 3. The van der Waals surface area contributed by atoms with Crippen LogP contribution in [0.4, 0.5) is 4.79 Å². The number of rotatable bonds is 13. The third-order valence-corrected chi connectivity index (χ3v) is 11.0. The second kappa shape index (κ2) is 16.4. The molecule has 2 aromatic carbocycles. The van der Waals surface area contributed by atoms with Gasteiger partial charge in [0.25, 0.3) is 0 Å². The third-order valence-electron chi connectivity index (χ3n) is 10.0. The lowest BCUT2D eigenvalue weighted by Crippen LogP contribution is -2.56. The second-order valence-corrected chi connectivity index (χ2v) is 16.3. The van der Waals surface area contributed by atoms with Crippen LogP contribution in [0.5, 0.6) is 11.6 Å². The fourth-order valence-corrected chi connectivity index (χ4v) is 8.45. The summed E-state index contributed by atoms with van der Waals surface area (Å²) in [7, 11) is 1.69. The standard InChI is InChI=1S/C40H48Cl3N3O6/c1-24-18-32(42)37(33(43)19-24)51-17-16-50-35-13-7-26(22-44-35)30-21-29-10-12-34(46(29)39(48)52-40(2,3)4)36(30)38(47)45(28-8-9-28)23-27-20-25(14-15-49-5)6-11-31(27)41/h6-7,11,13,18-20,22,28-30,34,36H,8-10,12,14-17,21,23H2,1-5H3/t29-,30+,34+,36+/m0/s1. The van der Waals surface area contributed by atoms with Gasteiger partial charge in [-0.1, -0.05) is 53.0 Å². The van der Waals surface area contributed by atoms with Crippen molar-refractivity contribution in [3.05, 3.63) is 86.0 Å². The van der Waals surface area contributed by atoms with Crippen LogP contribution in [0.15, 0.2) is 48.7 Å². The lowest BCUT2D eigenvalue weighted by Gasteiger charge is -2.45. The van der Waals surface area contributed by atoms with E-state index >= 15 is 4.79 Å². The molecule has 1 aromatic heterocycles. The summed E-state index contributed by atoms with van der Waals surface area (Å²) in [6, 6.07) is 13.2. The molecule has 3 aromatic rings. The Morgan fingerprint density at radius 2 is 1.65 bits per heavy atom. The minimum absolute atomic E-state index is 0.0377. The molecule has 6 rings (SSSR count). The molecule has 12 heteroatoms. The van der Waals surface area contributed by atoms with Crippen LogP contribution in [-0.4, -0.2) is 77.4 Å². The summed E-state index contributed by atoms with van der Waals surface area (Å²) >= 11 is 19.4. The normalized spacial score (nSPS) is 21.2. The SMILES string of the molecule is COCCc1ccc(Cl)c(CN(C(=O)[C@@H]2[C@@H](c3ccc(OCCOc4c(Cl)cc(C)cc4Cl)nc3)C[C@@H]3CC[C@H]2N3C(=O)OC(C)(C)C)C2CC2)c1. The van der Waals surface area contributed by atoms with E-state index in [1.807, 2.05) is 61.8 Å². The third kappa shape index (κ3) is 9.09. The van der Waals surface area contributed by atoms with Crippen molar-refractivity contribution < 1.29 is 28.5 Å². The van der Waals surface area contributed by atoms with Gasteiger partial charge in [0.05, 0.1) is 22.6 Å². The van der Waals surface area contributed by atoms with Crippen molar-refractivity contribution in [3.63, 3.8) is 0 Å². The van der Waals surface area contributed by atoms with Crippen molar-refractivity contribution in [3.8, 4) is 11.6 Å². The number of methoxy groups -OCH3 is 1. The van der Waals surface area contributed by atoms with Crippen molar-refractivity contribution in [1.82, 2.24) is 14.8 Å². The van der Waals surface area contributed by atoms with Crippen LogP contribution in [0, 0.1) is 12.8 Å². The first-order chi connectivity index (χ1) is 24.8. The molecule has 0 N–H and O–H groups in total. The molecule has 52 heavy (non-hydrogen) atoms. The van der Waals surface area contributed by atoms with E-state index in [-0.39, 0.29) is 49.3 Å². The zero-order chi connectivity index (χ0) is 37.2. The Labute approximate surface area is 321 Å². The topological polar surface area (TPSA) is 90.4 Å². The van der Waals surface area contributed by atoms with Crippen molar-refractivity contribution in [2.75, 3.05) is 26.9 Å². The first-order valence-electron chi connectivity index (χ1n) is 18.1. The van der Waals surface area contributed by atoms with E-state index in [1.54, 1.807) is 25.4 Å². The van der Waals surface area contributed by atoms with Gasteiger partial charge in [-0.05, 0) is 107 Å². The van der Waals surface area contributed by atoms with Crippen LogP contribution in [0.3, 0.4) is 0 Å². The van der Waals surface area contributed by atoms with Gasteiger partial charge in [0, 0.05) is 55.0 Å². The Balaban J connectivity index is 1.22. The Bertz CT molecular complexity index is 1720. The molecule has 0 spiro atoms. The molecular formula is C40H48Cl3N3O6. The molecule has 2 saturated heterocycles. The summed E-state index contributed by atoms with van der Waals surface area (Å²) < 4.78 is 22.9. The smallest absolute Gasteiger partial charge is 0.410 e. The Hall–Kier alpha value is -3.24. The maximum atomic E-state index is 15.0. The van der Waals surface area contributed by atoms with Crippen LogP contribution in [0.2, 0.25) is 15.1 Å². The first kappa shape index (κ1) is 38.5. The fourth-order valence-electron chi connectivity index (χ4n) is 7.57. The van der Waals surface area contributed by atoms with Crippen LogP contribution in [-0.2, 0) is 27.2 Å². The van der Waals surface area contributed by atoms with Crippen LogP contribution in [0.25, 0.3) is 0 Å². The number of amides is 2. The van der Waals surface area contributed by atoms with Crippen molar-refractivity contribution in [2.24, 2.45) is 5.92 Å². The Morgan fingerprint density at radius 3 is 2.31 bits per heavy atom. The Morgan fingerprint density at radius 1 is 0.923 bits per heavy atom. The summed E-state index contributed by atoms with van der Waals surface area (Å²) in [4.78, 5) is 37.2. The molecular weight excluding hydrogens is 725 g/mol. The second-order valence-electron chi connectivity index (χ2n) is 15.1. The number of piperidine rings is 1. The number of hydrogen-bond donors (Lipinski definition) is 0. The average Bonchev–Trinajstić information content (AvgIpc) is 3.88. The quantitative estimate of drug-likeness (QED) is 0.160. The van der Waals surface area contributed by atoms with E-state index in [9.17, 15) is 4.79 Å². The zero-order valence-corrected chi connectivity index (χ0v) is 32.8. The number of aryl methyl sites for hydroxylation is 1. The van der Waals surface area contributed by atoms with Gasteiger partial charge in [0.2, 0.25) is 11.8 Å². The summed E-state index contributed by atoms with van der Waals surface area (Å²) in [6.07, 6.45) is 6.24. The maximum Gasteiger partial charge on any atom is 0.410 e. The van der Waals surface area contributed by atoms with E-state index in [4.69, 9.17) is 53.8 Å².